The van der Waals surface area contributed by atoms with Gasteiger partial charge in [-0.05, 0) is 31.6 Å². The number of nitrogens with one attached hydrogen (secondary N) is 2. The normalized spacial score (nSPS) is 24.3. The van der Waals surface area contributed by atoms with E-state index in [4.69, 9.17) is 0 Å². The van der Waals surface area contributed by atoms with Gasteiger partial charge in [-0.25, -0.2) is 9.97 Å². The Balaban J connectivity index is 1.95. The Morgan fingerprint density at radius 2 is 2.18 bits per heavy atom. The van der Waals surface area contributed by atoms with Crippen LogP contribution in [0.15, 0.2) is 0 Å². The summed E-state index contributed by atoms with van der Waals surface area (Å²) in [6, 6.07) is 0.0240. The molecule has 1 aliphatic carbocycles. The zero-order valence-corrected chi connectivity index (χ0v) is 13.2. The van der Waals surface area contributed by atoms with Gasteiger partial charge in [0.05, 0.1) is 12.1 Å². The van der Waals surface area contributed by atoms with Crippen LogP contribution in [0.2, 0.25) is 0 Å². The predicted molar refractivity (Wildman–Crippen MR) is 83.9 cm³/mol. The number of aliphatic hydroxyl groups excluding tert-OH is 1. The lowest BCUT2D eigenvalue weighted by Crippen LogP contribution is -2.36. The molecule has 3 rings (SSSR count). The van der Waals surface area contributed by atoms with Gasteiger partial charge >= 0.3 is 0 Å². The number of rotatable bonds is 4. The molecular weight excluding hydrogens is 280 g/mol. The first-order valence-electron chi connectivity index (χ1n) is 8.17. The Bertz CT molecular complexity index is 574. The van der Waals surface area contributed by atoms with Gasteiger partial charge in [0.2, 0.25) is 0 Å². The minimum absolute atomic E-state index is 0.0240. The van der Waals surface area contributed by atoms with E-state index in [9.17, 15) is 9.90 Å². The van der Waals surface area contributed by atoms with Gasteiger partial charge in [-0.3, -0.25) is 4.79 Å². The molecule has 1 amide bonds. The second-order valence-electron chi connectivity index (χ2n) is 6.67. The minimum atomic E-state index is -0.336. The summed E-state index contributed by atoms with van der Waals surface area (Å²) in [5, 5.41) is 16.2. The molecule has 0 saturated heterocycles. The van der Waals surface area contributed by atoms with Crippen LogP contribution in [-0.2, 0) is 12.8 Å². The number of aromatic nitrogens is 2. The van der Waals surface area contributed by atoms with Crippen molar-refractivity contribution in [3.8, 4) is 0 Å². The molecule has 120 valence electrons. The van der Waals surface area contributed by atoms with E-state index in [0.29, 0.717) is 24.0 Å². The highest BCUT2D eigenvalue weighted by molar-refractivity contribution is 5.96. The molecule has 0 radical (unpaired) electrons. The van der Waals surface area contributed by atoms with Crippen molar-refractivity contribution in [1.29, 1.82) is 0 Å². The molecule has 2 atom stereocenters. The molecule has 1 aliphatic heterocycles. The maximum Gasteiger partial charge on any atom is 0.270 e. The molecule has 6 nitrogen and oxygen atoms in total. The molecule has 1 saturated carbocycles. The molecule has 2 heterocycles. The van der Waals surface area contributed by atoms with Gasteiger partial charge in [0.1, 0.15) is 17.3 Å². The zero-order valence-electron chi connectivity index (χ0n) is 13.2. The number of amides is 1. The summed E-state index contributed by atoms with van der Waals surface area (Å²) in [6.45, 7) is 4.83. The molecule has 0 unspecified atom stereocenters. The summed E-state index contributed by atoms with van der Waals surface area (Å²) in [6.07, 6.45) is 3.91. The number of hydrogen-bond donors (Lipinski definition) is 3. The molecule has 0 aromatic carbocycles. The number of aliphatic hydroxyl groups is 1. The van der Waals surface area contributed by atoms with Crippen LogP contribution in [0.25, 0.3) is 0 Å². The topological polar surface area (TPSA) is 87.1 Å². The first kappa shape index (κ1) is 15.2. The highest BCUT2D eigenvalue weighted by atomic mass is 16.3. The van der Waals surface area contributed by atoms with Gasteiger partial charge in [0.15, 0.2) is 0 Å². The first-order valence-corrected chi connectivity index (χ1v) is 8.17. The van der Waals surface area contributed by atoms with Crippen molar-refractivity contribution in [3.05, 3.63) is 17.1 Å². The standard InChI is InChI=1S/C16H24N4O2/c1-9(2)8-13-19-14-10(6-7-17-16(14)22)15(20-13)18-11-4-3-5-12(11)21/h9,11-12,21H,3-8H2,1-2H3,(H,17,22)(H,18,19,20)/t11-,12-/m0/s1. The number of hydrogen-bond acceptors (Lipinski definition) is 5. The summed E-state index contributed by atoms with van der Waals surface area (Å²) in [5.74, 6) is 1.74. The third-order valence-corrected chi connectivity index (χ3v) is 4.32. The van der Waals surface area contributed by atoms with E-state index >= 15 is 0 Å². The van der Waals surface area contributed by atoms with Crippen molar-refractivity contribution in [2.45, 2.75) is 58.1 Å². The molecular formula is C16H24N4O2. The zero-order chi connectivity index (χ0) is 15.7. The quantitative estimate of drug-likeness (QED) is 0.780. The molecule has 1 aromatic heterocycles. The van der Waals surface area contributed by atoms with Crippen LogP contribution in [0.5, 0.6) is 0 Å². The highest BCUT2D eigenvalue weighted by Crippen LogP contribution is 2.26. The predicted octanol–water partition coefficient (Wildman–Crippen LogP) is 1.29. The number of anilines is 1. The molecule has 0 spiro atoms. The van der Waals surface area contributed by atoms with Crippen LogP contribution in [0.1, 0.15) is 55.0 Å². The fourth-order valence-electron chi connectivity index (χ4n) is 3.20. The average molecular weight is 304 g/mol. The van der Waals surface area contributed by atoms with Crippen LogP contribution in [0.3, 0.4) is 0 Å². The second-order valence-corrected chi connectivity index (χ2v) is 6.67. The Morgan fingerprint density at radius 1 is 1.36 bits per heavy atom. The molecule has 2 aliphatic rings. The highest BCUT2D eigenvalue weighted by Gasteiger charge is 2.29. The Hall–Kier alpha value is -1.69. The second kappa shape index (κ2) is 6.20. The maximum atomic E-state index is 12.1. The molecule has 1 aromatic rings. The Kier molecular flexibility index (Phi) is 4.29. The number of carbonyl (C=O) groups excluding carboxylic acids is 1. The van der Waals surface area contributed by atoms with E-state index in [1.807, 2.05) is 0 Å². The maximum absolute atomic E-state index is 12.1. The molecule has 6 heteroatoms. The van der Waals surface area contributed by atoms with Crippen LogP contribution < -0.4 is 10.6 Å². The summed E-state index contributed by atoms with van der Waals surface area (Å²) < 4.78 is 0. The van der Waals surface area contributed by atoms with Gasteiger partial charge in [0, 0.05) is 18.5 Å². The summed E-state index contributed by atoms with van der Waals surface area (Å²) >= 11 is 0. The average Bonchev–Trinajstić information content (AvgIpc) is 2.85. The van der Waals surface area contributed by atoms with E-state index < -0.39 is 0 Å². The lowest BCUT2D eigenvalue weighted by molar-refractivity contribution is 0.0940. The third kappa shape index (κ3) is 3.06. The largest absolute Gasteiger partial charge is 0.391 e. The third-order valence-electron chi connectivity index (χ3n) is 4.32. The lowest BCUT2D eigenvalue weighted by atomic mass is 10.0. The number of nitrogens with zero attached hydrogens (tertiary/aromatic N) is 2. The van der Waals surface area contributed by atoms with Crippen molar-refractivity contribution in [1.82, 2.24) is 15.3 Å². The fourth-order valence-corrected chi connectivity index (χ4v) is 3.20. The summed E-state index contributed by atoms with van der Waals surface area (Å²) in [7, 11) is 0. The van der Waals surface area contributed by atoms with E-state index in [1.54, 1.807) is 0 Å². The molecule has 3 N–H and O–H groups in total. The van der Waals surface area contributed by atoms with Crippen molar-refractivity contribution in [2.75, 3.05) is 11.9 Å². The van der Waals surface area contributed by atoms with Crippen LogP contribution in [0, 0.1) is 5.92 Å². The van der Waals surface area contributed by atoms with Crippen LogP contribution >= 0.6 is 0 Å². The van der Waals surface area contributed by atoms with Crippen molar-refractivity contribution < 1.29 is 9.90 Å². The van der Waals surface area contributed by atoms with Crippen molar-refractivity contribution in [2.24, 2.45) is 5.92 Å². The number of carbonyl (C=O) groups is 1. The van der Waals surface area contributed by atoms with E-state index in [2.05, 4.69) is 34.4 Å². The van der Waals surface area contributed by atoms with Crippen molar-refractivity contribution >= 4 is 11.7 Å². The molecule has 1 fully saturated rings. The van der Waals surface area contributed by atoms with Gasteiger partial charge in [-0.15, -0.1) is 0 Å². The van der Waals surface area contributed by atoms with Crippen LogP contribution in [0.4, 0.5) is 5.82 Å². The summed E-state index contributed by atoms with van der Waals surface area (Å²) in [4.78, 5) is 21.2. The SMILES string of the molecule is CC(C)Cc1nc(N[C@H]2CCC[C@@H]2O)c2c(n1)C(=O)NCC2. The first-order chi connectivity index (χ1) is 10.5. The van der Waals surface area contributed by atoms with Gasteiger partial charge in [-0.1, -0.05) is 13.8 Å². The summed E-state index contributed by atoms with van der Waals surface area (Å²) in [5.41, 5.74) is 1.38. The minimum Gasteiger partial charge on any atom is -0.391 e. The van der Waals surface area contributed by atoms with E-state index in [0.717, 1.165) is 43.5 Å². The van der Waals surface area contributed by atoms with Gasteiger partial charge < -0.3 is 15.7 Å². The monoisotopic (exact) mass is 304 g/mol. The number of fused-ring (bicyclic) bond motifs is 1. The fraction of sp³-hybridized carbons (Fsp3) is 0.688. The smallest absolute Gasteiger partial charge is 0.270 e. The lowest BCUT2D eigenvalue weighted by Gasteiger charge is -2.24. The van der Waals surface area contributed by atoms with Crippen LogP contribution in [-0.4, -0.2) is 39.7 Å². The molecule has 22 heavy (non-hydrogen) atoms. The Labute approximate surface area is 130 Å². The van der Waals surface area contributed by atoms with Gasteiger partial charge in [-0.2, -0.15) is 0 Å². The van der Waals surface area contributed by atoms with Crippen molar-refractivity contribution in [3.63, 3.8) is 0 Å². The van der Waals surface area contributed by atoms with Gasteiger partial charge in [0.25, 0.3) is 5.91 Å². The Morgan fingerprint density at radius 3 is 2.86 bits per heavy atom. The van der Waals surface area contributed by atoms with E-state index in [1.165, 1.54) is 0 Å². The van der Waals surface area contributed by atoms with E-state index in [-0.39, 0.29) is 18.1 Å². The molecule has 0 bridgehead atoms.